The van der Waals surface area contributed by atoms with Crippen molar-refractivity contribution in [2.45, 2.75) is 0 Å². The van der Waals surface area contributed by atoms with E-state index in [0.29, 0.717) is 11.9 Å². The van der Waals surface area contributed by atoms with E-state index >= 15 is 0 Å². The molecule has 0 spiro atoms. The maximum Gasteiger partial charge on any atom is 0.212 e. The molecule has 2 heterocycles. The number of nitrogens with zero attached hydrogens (tertiary/aromatic N) is 4. The quantitative estimate of drug-likeness (QED) is 0.142. The van der Waals surface area contributed by atoms with Gasteiger partial charge in [-0.05, 0) is 32.3 Å². The van der Waals surface area contributed by atoms with Crippen LogP contribution in [0.1, 0.15) is 11.1 Å². The first kappa shape index (κ1) is 25.2. The van der Waals surface area contributed by atoms with Gasteiger partial charge in [0.2, 0.25) is 11.9 Å². The summed E-state index contributed by atoms with van der Waals surface area (Å²) < 4.78 is 0. The van der Waals surface area contributed by atoms with Gasteiger partial charge in [-0.15, -0.1) is 24.8 Å². The zero-order chi connectivity index (χ0) is 22.7. The Bertz CT molecular complexity index is 1530. The van der Waals surface area contributed by atoms with Gasteiger partial charge in [0.1, 0.15) is 0 Å². The summed E-state index contributed by atoms with van der Waals surface area (Å²) in [6, 6.07) is 21.2. The fourth-order valence-corrected chi connectivity index (χ4v) is 4.55. The summed E-state index contributed by atoms with van der Waals surface area (Å²) in [7, 11) is 0. The molecule has 4 aromatic carbocycles. The standard InChI is InChI=1S/C26H24N8.2ClH/c1-2-6-18-17(5-1)9-10-21-22(15-31-33-25-27-11-12-28-25)19-7-3-4-8-20(19)23(24(18)21)16-32-34-26-29-13-14-30-26;;/h1-10,15-16H,11-14H2,(H2,27,28,33)(H2,29,30,34);2*1H/b31-15+,32-16+;;. The second kappa shape index (κ2) is 11.2. The first-order valence-electron chi connectivity index (χ1n) is 11.4. The SMILES string of the molecule is C(=N\NC1=NCCN1)/c1c2ccccc2c(/C=N/NC2=NCCN2)c2c1ccc1ccccc12.Cl.Cl. The molecule has 0 radical (unpaired) electrons. The number of fused-ring (bicyclic) bond motifs is 4. The number of halogens is 2. The van der Waals surface area contributed by atoms with E-state index in [-0.39, 0.29) is 24.8 Å². The van der Waals surface area contributed by atoms with Gasteiger partial charge in [0.05, 0.1) is 25.5 Å². The molecule has 0 aliphatic carbocycles. The lowest BCUT2D eigenvalue weighted by Gasteiger charge is -2.15. The number of benzene rings is 4. The van der Waals surface area contributed by atoms with Gasteiger partial charge in [-0.1, -0.05) is 60.7 Å². The van der Waals surface area contributed by atoms with Crippen molar-refractivity contribution in [2.24, 2.45) is 20.2 Å². The number of guanidine groups is 2. The normalized spacial score (nSPS) is 14.9. The van der Waals surface area contributed by atoms with Crippen LogP contribution >= 0.6 is 24.8 Å². The Balaban J connectivity index is 0.00000152. The van der Waals surface area contributed by atoms with Crippen LogP contribution < -0.4 is 21.5 Å². The summed E-state index contributed by atoms with van der Waals surface area (Å²) in [5.41, 5.74) is 8.17. The van der Waals surface area contributed by atoms with Crippen LogP contribution in [-0.2, 0) is 0 Å². The summed E-state index contributed by atoms with van der Waals surface area (Å²) in [5.74, 6) is 1.40. The van der Waals surface area contributed by atoms with E-state index in [1.807, 2.05) is 12.4 Å². The molecule has 4 aromatic rings. The molecule has 2 aliphatic heterocycles. The second-order valence-electron chi connectivity index (χ2n) is 8.14. The maximum atomic E-state index is 4.54. The molecular weight excluding hydrogens is 495 g/mol. The smallest absolute Gasteiger partial charge is 0.212 e. The molecule has 0 aromatic heterocycles. The third-order valence-electron chi connectivity index (χ3n) is 6.07. The van der Waals surface area contributed by atoms with Crippen molar-refractivity contribution < 1.29 is 0 Å². The van der Waals surface area contributed by atoms with Crippen molar-refractivity contribution in [1.82, 2.24) is 21.5 Å². The number of hydrazone groups is 2. The number of aliphatic imine (C=N–C) groups is 2. The molecule has 4 N–H and O–H groups in total. The highest BCUT2D eigenvalue weighted by Crippen LogP contribution is 2.35. The summed E-state index contributed by atoms with van der Waals surface area (Å²) in [5, 5.41) is 22.2. The fourth-order valence-electron chi connectivity index (χ4n) is 4.55. The van der Waals surface area contributed by atoms with Gasteiger partial charge in [0.25, 0.3) is 0 Å². The molecule has 8 nitrogen and oxygen atoms in total. The van der Waals surface area contributed by atoms with Gasteiger partial charge >= 0.3 is 0 Å². The molecule has 6 rings (SSSR count). The highest BCUT2D eigenvalue weighted by atomic mass is 35.5. The third-order valence-corrected chi connectivity index (χ3v) is 6.07. The molecule has 0 unspecified atom stereocenters. The Hall–Kier alpha value is -3.88. The van der Waals surface area contributed by atoms with Crippen molar-refractivity contribution in [2.75, 3.05) is 26.2 Å². The Morgan fingerprint density at radius 1 is 0.639 bits per heavy atom. The maximum absolute atomic E-state index is 4.54. The Morgan fingerprint density at radius 2 is 1.19 bits per heavy atom. The molecule has 184 valence electrons. The molecule has 0 saturated carbocycles. The molecule has 2 aliphatic rings. The van der Waals surface area contributed by atoms with Crippen LogP contribution in [0.3, 0.4) is 0 Å². The highest BCUT2D eigenvalue weighted by Gasteiger charge is 2.15. The molecule has 0 saturated heterocycles. The lowest BCUT2D eigenvalue weighted by atomic mass is 9.89. The minimum Gasteiger partial charge on any atom is -0.353 e. The van der Waals surface area contributed by atoms with Crippen molar-refractivity contribution in [1.29, 1.82) is 0 Å². The third kappa shape index (κ3) is 4.78. The Labute approximate surface area is 220 Å². The van der Waals surface area contributed by atoms with Gasteiger partial charge < -0.3 is 10.6 Å². The topological polar surface area (TPSA) is 97.6 Å². The Kier molecular flexibility index (Phi) is 7.87. The van der Waals surface area contributed by atoms with Crippen molar-refractivity contribution >= 4 is 81.5 Å². The van der Waals surface area contributed by atoms with Crippen LogP contribution in [-0.4, -0.2) is 50.5 Å². The molecule has 0 amide bonds. The van der Waals surface area contributed by atoms with Crippen LogP contribution in [0.4, 0.5) is 0 Å². The van der Waals surface area contributed by atoms with E-state index in [9.17, 15) is 0 Å². The summed E-state index contributed by atoms with van der Waals surface area (Å²) in [6.07, 6.45) is 3.79. The number of nitrogens with one attached hydrogen (secondary N) is 4. The number of rotatable bonds is 4. The fraction of sp³-hybridized carbons (Fsp3) is 0.154. The molecular formula is C26H26Cl2N8. The average Bonchev–Trinajstić information content (AvgIpc) is 3.59. The summed E-state index contributed by atoms with van der Waals surface area (Å²) in [4.78, 5) is 8.72. The highest BCUT2D eigenvalue weighted by molar-refractivity contribution is 6.27. The minimum absolute atomic E-state index is 0. The van der Waals surface area contributed by atoms with Gasteiger partial charge in [-0.3, -0.25) is 0 Å². The Morgan fingerprint density at radius 3 is 1.81 bits per heavy atom. The molecule has 36 heavy (non-hydrogen) atoms. The number of hydrogen-bond acceptors (Lipinski definition) is 8. The minimum atomic E-state index is 0. The van der Waals surface area contributed by atoms with E-state index in [1.54, 1.807) is 0 Å². The van der Waals surface area contributed by atoms with Gasteiger partial charge in [-0.25, -0.2) is 20.8 Å². The van der Waals surface area contributed by atoms with Gasteiger partial charge in [0, 0.05) is 24.2 Å². The lowest BCUT2D eigenvalue weighted by Crippen LogP contribution is -2.30. The molecule has 10 heteroatoms. The number of hydrogen-bond donors (Lipinski definition) is 4. The molecule has 0 bridgehead atoms. The van der Waals surface area contributed by atoms with E-state index in [1.165, 1.54) is 10.8 Å². The van der Waals surface area contributed by atoms with E-state index < -0.39 is 0 Å². The monoisotopic (exact) mass is 520 g/mol. The first-order valence-corrected chi connectivity index (χ1v) is 11.4. The van der Waals surface area contributed by atoms with Crippen LogP contribution in [0.15, 0.2) is 80.9 Å². The van der Waals surface area contributed by atoms with E-state index in [2.05, 4.69) is 102 Å². The predicted molar refractivity (Wildman–Crippen MR) is 156 cm³/mol. The van der Waals surface area contributed by atoms with Crippen LogP contribution in [0.2, 0.25) is 0 Å². The van der Waals surface area contributed by atoms with Crippen molar-refractivity contribution in [3.8, 4) is 0 Å². The predicted octanol–water partition coefficient (Wildman–Crippen LogP) is 3.76. The second-order valence-corrected chi connectivity index (χ2v) is 8.14. The average molecular weight is 521 g/mol. The zero-order valence-corrected chi connectivity index (χ0v) is 21.0. The van der Waals surface area contributed by atoms with E-state index in [0.717, 1.165) is 58.9 Å². The van der Waals surface area contributed by atoms with Gasteiger partial charge in [-0.2, -0.15) is 10.2 Å². The summed E-state index contributed by atoms with van der Waals surface area (Å²) >= 11 is 0. The van der Waals surface area contributed by atoms with Crippen molar-refractivity contribution in [3.63, 3.8) is 0 Å². The lowest BCUT2D eigenvalue weighted by molar-refractivity contribution is 0.920. The van der Waals surface area contributed by atoms with Gasteiger partial charge in [0.15, 0.2) is 0 Å². The molecule has 0 fully saturated rings. The van der Waals surface area contributed by atoms with Crippen LogP contribution in [0.25, 0.3) is 32.3 Å². The van der Waals surface area contributed by atoms with Crippen LogP contribution in [0, 0.1) is 0 Å². The van der Waals surface area contributed by atoms with E-state index in [4.69, 9.17) is 0 Å². The van der Waals surface area contributed by atoms with Crippen molar-refractivity contribution in [3.05, 3.63) is 71.8 Å². The molecule has 0 atom stereocenters. The summed E-state index contributed by atoms with van der Waals surface area (Å²) in [6.45, 7) is 3.19. The van der Waals surface area contributed by atoms with Crippen LogP contribution in [0.5, 0.6) is 0 Å². The first-order chi connectivity index (χ1) is 16.9. The largest absolute Gasteiger partial charge is 0.353 e. The zero-order valence-electron chi connectivity index (χ0n) is 19.4.